The van der Waals surface area contributed by atoms with Crippen LogP contribution in [0.25, 0.3) is 0 Å². The highest BCUT2D eigenvalue weighted by Gasteiger charge is 2.34. The lowest BCUT2D eigenvalue weighted by atomic mass is 10.0. The number of sulfonamides is 1. The predicted octanol–water partition coefficient (Wildman–Crippen LogP) is 3.14. The molecule has 168 valence electrons. The van der Waals surface area contributed by atoms with Gasteiger partial charge < -0.3 is 9.73 Å². The van der Waals surface area contributed by atoms with Gasteiger partial charge in [0.05, 0.1) is 22.0 Å². The van der Waals surface area contributed by atoms with Crippen LogP contribution in [0.4, 0.5) is 5.69 Å². The van der Waals surface area contributed by atoms with Gasteiger partial charge in [-0.15, -0.1) is 0 Å². The zero-order valence-corrected chi connectivity index (χ0v) is 19.0. The quantitative estimate of drug-likeness (QED) is 0.542. The fourth-order valence-electron chi connectivity index (χ4n) is 3.56. The Morgan fingerprint density at radius 2 is 1.72 bits per heavy atom. The van der Waals surface area contributed by atoms with E-state index in [2.05, 4.69) is 10.0 Å². The van der Waals surface area contributed by atoms with Crippen molar-refractivity contribution in [3.05, 3.63) is 77.7 Å². The lowest BCUT2D eigenvalue weighted by Gasteiger charge is -2.17. The van der Waals surface area contributed by atoms with E-state index in [1.54, 1.807) is 25.1 Å². The lowest BCUT2D eigenvalue weighted by Crippen LogP contribution is -2.32. The molecular formula is C22H22N2O6S2. The molecule has 0 spiro atoms. The lowest BCUT2D eigenvalue weighted by molar-refractivity contribution is -0.116. The van der Waals surface area contributed by atoms with Gasteiger partial charge in [-0.25, -0.2) is 21.6 Å². The Morgan fingerprint density at radius 3 is 2.38 bits per heavy atom. The van der Waals surface area contributed by atoms with Crippen molar-refractivity contribution in [3.63, 3.8) is 0 Å². The molecule has 1 amide bonds. The summed E-state index contributed by atoms with van der Waals surface area (Å²) in [5, 5.41) is 1.43. The average Bonchev–Trinajstić information content (AvgIpc) is 3.37. The third kappa shape index (κ3) is 4.08. The number of hydrogen-bond donors (Lipinski definition) is 2. The molecule has 1 aliphatic heterocycles. The highest BCUT2D eigenvalue weighted by Crippen LogP contribution is 2.34. The Kier molecular flexibility index (Phi) is 5.70. The van der Waals surface area contributed by atoms with Crippen LogP contribution in [0.2, 0.25) is 0 Å². The molecule has 2 atom stereocenters. The van der Waals surface area contributed by atoms with E-state index < -0.39 is 37.6 Å². The Balaban J connectivity index is 1.63. The van der Waals surface area contributed by atoms with Crippen LogP contribution in [0.1, 0.15) is 35.0 Å². The topological polar surface area (TPSA) is 123 Å². The van der Waals surface area contributed by atoms with Crippen LogP contribution in [-0.2, 0) is 24.7 Å². The second-order valence-corrected chi connectivity index (χ2v) is 11.6. The third-order valence-electron chi connectivity index (χ3n) is 5.49. The number of hydrogen-bond acceptors (Lipinski definition) is 6. The van der Waals surface area contributed by atoms with E-state index in [-0.39, 0.29) is 21.5 Å². The molecule has 32 heavy (non-hydrogen) atoms. The number of benzene rings is 2. The molecule has 1 aromatic heterocycles. The first-order valence-corrected chi connectivity index (χ1v) is 12.9. The van der Waals surface area contributed by atoms with Crippen LogP contribution < -0.4 is 10.0 Å². The summed E-state index contributed by atoms with van der Waals surface area (Å²) in [6, 6.07) is 13.7. The van der Waals surface area contributed by atoms with Crippen molar-refractivity contribution in [1.82, 2.24) is 4.72 Å². The molecule has 0 saturated carbocycles. The van der Waals surface area contributed by atoms with E-state index in [0.717, 1.165) is 5.56 Å². The second-order valence-electron chi connectivity index (χ2n) is 7.67. The van der Waals surface area contributed by atoms with Crippen LogP contribution in [0.15, 0.2) is 75.1 Å². The predicted molar refractivity (Wildman–Crippen MR) is 118 cm³/mol. The van der Waals surface area contributed by atoms with Crippen LogP contribution in [0.5, 0.6) is 0 Å². The molecule has 10 heteroatoms. The number of amides is 1. The van der Waals surface area contributed by atoms with E-state index in [4.69, 9.17) is 4.42 Å². The molecule has 2 aromatic carbocycles. The highest BCUT2D eigenvalue weighted by molar-refractivity contribution is 7.92. The number of furan rings is 1. The van der Waals surface area contributed by atoms with E-state index in [1.807, 2.05) is 6.92 Å². The van der Waals surface area contributed by atoms with Crippen LogP contribution >= 0.6 is 0 Å². The van der Waals surface area contributed by atoms with Gasteiger partial charge >= 0.3 is 0 Å². The molecule has 4 rings (SSSR count). The molecule has 0 saturated heterocycles. The zero-order chi connectivity index (χ0) is 23.1. The second kappa shape index (κ2) is 8.19. The molecule has 0 unspecified atom stereocenters. The van der Waals surface area contributed by atoms with Gasteiger partial charge in [0.25, 0.3) is 0 Å². The smallest absolute Gasteiger partial charge is 0.240 e. The maximum absolute atomic E-state index is 13.3. The first-order valence-electron chi connectivity index (χ1n) is 9.88. The van der Waals surface area contributed by atoms with Gasteiger partial charge in [-0.3, -0.25) is 4.79 Å². The fourth-order valence-corrected chi connectivity index (χ4v) is 6.34. The summed E-state index contributed by atoms with van der Waals surface area (Å²) in [6.45, 7) is 3.11. The summed E-state index contributed by atoms with van der Waals surface area (Å²) in [6.07, 6.45) is 1.34. The standard InChI is InChI=1S/C22H22N2O6S2/c1-14-5-7-16(8-6-14)31(26,27)21(20-4-3-11-30-20)13-23-32(28,29)17-9-10-19-18(12-17)15(2)22(25)24-19/h3-12,15,21,23H,13H2,1-2H3,(H,24,25)/t15-,21+/m1/s1. The molecule has 1 aliphatic rings. The number of carbonyl (C=O) groups excluding carboxylic acids is 1. The largest absolute Gasteiger partial charge is 0.468 e. The number of fused-ring (bicyclic) bond motifs is 1. The fraction of sp³-hybridized carbons (Fsp3) is 0.227. The van der Waals surface area contributed by atoms with E-state index in [9.17, 15) is 21.6 Å². The molecule has 0 bridgehead atoms. The van der Waals surface area contributed by atoms with Crippen molar-refractivity contribution in [2.45, 2.75) is 34.8 Å². The van der Waals surface area contributed by atoms with E-state index in [0.29, 0.717) is 11.3 Å². The minimum atomic E-state index is -4.05. The molecule has 0 aliphatic carbocycles. The Hall–Kier alpha value is -2.95. The van der Waals surface area contributed by atoms with Gasteiger partial charge in [0.15, 0.2) is 9.84 Å². The molecule has 0 fully saturated rings. The summed E-state index contributed by atoms with van der Waals surface area (Å²) < 4.78 is 60.2. The maximum Gasteiger partial charge on any atom is 0.240 e. The summed E-state index contributed by atoms with van der Waals surface area (Å²) in [7, 11) is -8.00. The Labute approximate surface area is 186 Å². The van der Waals surface area contributed by atoms with Gasteiger partial charge in [0.1, 0.15) is 11.0 Å². The molecule has 2 N–H and O–H groups in total. The van der Waals surface area contributed by atoms with E-state index >= 15 is 0 Å². The summed E-state index contributed by atoms with van der Waals surface area (Å²) in [5.41, 5.74) is 2.04. The van der Waals surface area contributed by atoms with Crippen molar-refractivity contribution in [2.24, 2.45) is 0 Å². The number of aryl methyl sites for hydroxylation is 1. The highest BCUT2D eigenvalue weighted by atomic mass is 32.2. The number of sulfone groups is 1. The average molecular weight is 475 g/mol. The van der Waals surface area contributed by atoms with Crippen molar-refractivity contribution in [1.29, 1.82) is 0 Å². The summed E-state index contributed by atoms with van der Waals surface area (Å²) in [4.78, 5) is 11.9. The van der Waals surface area contributed by atoms with Crippen LogP contribution in [0, 0.1) is 6.92 Å². The van der Waals surface area contributed by atoms with Crippen molar-refractivity contribution in [2.75, 3.05) is 11.9 Å². The Morgan fingerprint density at radius 1 is 1.03 bits per heavy atom. The SMILES string of the molecule is Cc1ccc(S(=O)(=O)[C@@H](CNS(=O)(=O)c2ccc3c(c2)[C@@H](C)C(=O)N3)c2ccco2)cc1. The molecular weight excluding hydrogens is 452 g/mol. The first-order chi connectivity index (χ1) is 15.1. The Bertz CT molecular complexity index is 1360. The minimum absolute atomic E-state index is 0.0504. The van der Waals surface area contributed by atoms with Gasteiger partial charge in [-0.1, -0.05) is 17.7 Å². The molecule has 8 nitrogen and oxygen atoms in total. The van der Waals surface area contributed by atoms with Crippen molar-refractivity contribution in [3.8, 4) is 0 Å². The molecule has 0 radical (unpaired) electrons. The monoisotopic (exact) mass is 474 g/mol. The first kappa shape index (κ1) is 22.3. The number of nitrogens with one attached hydrogen (secondary N) is 2. The summed E-state index contributed by atoms with van der Waals surface area (Å²) >= 11 is 0. The zero-order valence-electron chi connectivity index (χ0n) is 17.4. The van der Waals surface area contributed by atoms with E-state index in [1.165, 1.54) is 42.7 Å². The minimum Gasteiger partial charge on any atom is -0.468 e. The third-order valence-corrected chi connectivity index (χ3v) is 8.99. The number of anilines is 1. The maximum atomic E-state index is 13.3. The van der Waals surface area contributed by atoms with Gasteiger partial charge in [-0.05, 0) is 61.9 Å². The summed E-state index contributed by atoms with van der Waals surface area (Å²) in [5.74, 6) is -0.548. The van der Waals surface area contributed by atoms with Gasteiger partial charge in [0, 0.05) is 12.2 Å². The number of carbonyl (C=O) groups is 1. The molecule has 3 aromatic rings. The van der Waals surface area contributed by atoms with Gasteiger partial charge in [0.2, 0.25) is 15.9 Å². The number of rotatable bonds is 7. The van der Waals surface area contributed by atoms with Crippen LogP contribution in [-0.4, -0.2) is 29.3 Å². The van der Waals surface area contributed by atoms with Crippen LogP contribution in [0.3, 0.4) is 0 Å². The van der Waals surface area contributed by atoms with Gasteiger partial charge in [-0.2, -0.15) is 0 Å². The van der Waals surface area contributed by atoms with Crippen molar-refractivity contribution >= 4 is 31.5 Å². The van der Waals surface area contributed by atoms with Crippen molar-refractivity contribution < 1.29 is 26.0 Å². The normalized spacial score (nSPS) is 17.1. The molecule has 2 heterocycles.